The first-order valence-corrected chi connectivity index (χ1v) is 29.9. The number of aromatic amines is 3. The number of alkyl halides is 3. The summed E-state index contributed by atoms with van der Waals surface area (Å²) in [6, 6.07) is 9.54. The minimum Gasteiger partial charge on any atom is -0.508 e. The number of benzene rings is 3. The van der Waals surface area contributed by atoms with Crippen molar-refractivity contribution in [3.8, 4) is 5.75 Å². The molecule has 1 fully saturated rings. The molecule has 33 heteroatoms. The summed E-state index contributed by atoms with van der Waals surface area (Å²) >= 11 is 0. The zero-order chi connectivity index (χ0) is 68.8. The Bertz CT molecular complexity index is 3630. The molecular formula is C61H78F3N17O13. The fourth-order valence-electron chi connectivity index (χ4n) is 10.4. The summed E-state index contributed by atoms with van der Waals surface area (Å²) < 4.78 is 31.7. The average Bonchev–Trinajstić information content (AvgIpc) is 1.62. The number of guanidine groups is 1. The summed E-state index contributed by atoms with van der Waals surface area (Å²) in [6.45, 7) is 2.45. The van der Waals surface area contributed by atoms with Crippen LogP contribution >= 0.6 is 0 Å². The summed E-state index contributed by atoms with van der Waals surface area (Å²) in [5, 5.41) is 48.2. The number of carbonyl (C=O) groups excluding carboxylic acids is 9. The van der Waals surface area contributed by atoms with Crippen molar-refractivity contribution < 1.29 is 76.4 Å². The Morgan fingerprint density at radius 2 is 1.18 bits per heavy atom. The SMILES string of the molecule is CC(C)C[C@H](NC(=O)[C@@H](Cc1c[nH]c2ccccc12)NC(=O)[C@H](Cc1ccc(O)cc1)NC(=O)[C@H](CO)NC(=O)[C@H](Cc1c[nH]c2ccccc12)NC(=O)[C@@H](N)Cc1cnc[nH]1)C(=O)N[C@@H](CCCN=C(N)N)C(=O)N1CCC[C@H]1C(=O)NCC(N)=O.O=C(O)C(F)(F)F. The number of carboxylic acids is 1. The van der Waals surface area contributed by atoms with Crippen LogP contribution in [0.4, 0.5) is 13.2 Å². The van der Waals surface area contributed by atoms with E-state index in [2.05, 4.69) is 62.1 Å². The highest BCUT2D eigenvalue weighted by molar-refractivity contribution is 5.99. The number of aliphatic carboxylic acids is 1. The Labute approximate surface area is 535 Å². The minimum absolute atomic E-state index is 0.00812. The lowest BCUT2D eigenvalue weighted by Crippen LogP contribution is -2.61. The largest absolute Gasteiger partial charge is 0.508 e. The van der Waals surface area contributed by atoms with Crippen molar-refractivity contribution in [2.24, 2.45) is 33.8 Å². The Morgan fingerprint density at radius 1 is 0.681 bits per heavy atom. The van der Waals surface area contributed by atoms with Crippen molar-refractivity contribution in [2.75, 3.05) is 26.2 Å². The Kier molecular flexibility index (Phi) is 26.4. The third-order valence-electron chi connectivity index (χ3n) is 15.0. The molecule has 506 valence electrons. The van der Waals surface area contributed by atoms with E-state index in [9.17, 15) is 66.5 Å². The molecule has 7 rings (SSSR count). The predicted molar refractivity (Wildman–Crippen MR) is 335 cm³/mol. The van der Waals surface area contributed by atoms with Gasteiger partial charge in [-0.1, -0.05) is 62.4 Å². The fourth-order valence-corrected chi connectivity index (χ4v) is 10.4. The lowest BCUT2D eigenvalue weighted by atomic mass is 9.99. The number of hydrogen-bond donors (Lipinski definition) is 17. The molecule has 94 heavy (non-hydrogen) atoms. The maximum atomic E-state index is 15.0. The lowest BCUT2D eigenvalue weighted by molar-refractivity contribution is -0.192. The summed E-state index contributed by atoms with van der Waals surface area (Å²) in [6.07, 6.45) is 1.74. The molecule has 4 heterocycles. The molecule has 9 amide bonds. The summed E-state index contributed by atoms with van der Waals surface area (Å²) in [5.74, 6) is -10.4. The number of phenols is 1. The minimum atomic E-state index is -5.08. The van der Waals surface area contributed by atoms with Crippen LogP contribution in [0.1, 0.15) is 68.3 Å². The number of nitrogens with zero attached hydrogens (tertiary/aromatic N) is 3. The van der Waals surface area contributed by atoms with Crippen molar-refractivity contribution in [3.63, 3.8) is 0 Å². The zero-order valence-electron chi connectivity index (χ0n) is 51.3. The number of carboxylic acid groups (broad SMARTS) is 1. The third kappa shape index (κ3) is 21.5. The molecule has 30 nitrogen and oxygen atoms in total. The van der Waals surface area contributed by atoms with E-state index < -0.39 is 127 Å². The van der Waals surface area contributed by atoms with Crippen LogP contribution in [-0.4, -0.2) is 186 Å². The summed E-state index contributed by atoms with van der Waals surface area (Å²) in [5.41, 5.74) is 26.4. The number of para-hydroxylation sites is 2. The number of fused-ring (bicyclic) bond motifs is 2. The van der Waals surface area contributed by atoms with Gasteiger partial charge in [0, 0.05) is 84.9 Å². The number of nitrogens with two attached hydrogens (primary N) is 4. The predicted octanol–water partition coefficient (Wildman–Crippen LogP) is -1.10. The van der Waals surface area contributed by atoms with Crippen LogP contribution in [-0.2, 0) is 73.6 Å². The first-order chi connectivity index (χ1) is 44.6. The number of likely N-dealkylation sites (tertiary alicyclic amines) is 1. The van der Waals surface area contributed by atoms with E-state index in [-0.39, 0.29) is 82.1 Å². The van der Waals surface area contributed by atoms with Gasteiger partial charge in [-0.15, -0.1) is 0 Å². The molecule has 1 saturated heterocycles. The maximum Gasteiger partial charge on any atom is 0.490 e. The number of carbonyl (C=O) groups is 10. The van der Waals surface area contributed by atoms with Gasteiger partial charge in [0.25, 0.3) is 0 Å². The van der Waals surface area contributed by atoms with Crippen molar-refractivity contribution in [1.29, 1.82) is 0 Å². The quantitative estimate of drug-likeness (QED) is 0.0140. The number of aliphatic hydroxyl groups excluding tert-OH is 1. The summed E-state index contributed by atoms with van der Waals surface area (Å²) in [7, 11) is 0. The molecule has 21 N–H and O–H groups in total. The van der Waals surface area contributed by atoms with Gasteiger partial charge in [-0.05, 0) is 79.0 Å². The van der Waals surface area contributed by atoms with Gasteiger partial charge in [-0.25, -0.2) is 9.78 Å². The van der Waals surface area contributed by atoms with Gasteiger partial charge in [0.15, 0.2) is 5.96 Å². The number of aromatic nitrogens is 4. The first-order valence-electron chi connectivity index (χ1n) is 29.9. The molecule has 0 bridgehead atoms. The van der Waals surface area contributed by atoms with Gasteiger partial charge in [-0.3, -0.25) is 48.1 Å². The van der Waals surface area contributed by atoms with Gasteiger partial charge in [-0.2, -0.15) is 13.2 Å². The van der Waals surface area contributed by atoms with Gasteiger partial charge in [0.2, 0.25) is 53.2 Å². The number of primary amides is 1. The second kappa shape index (κ2) is 34.2. The van der Waals surface area contributed by atoms with E-state index >= 15 is 0 Å². The molecule has 0 spiro atoms. The maximum absolute atomic E-state index is 15.0. The molecule has 0 saturated carbocycles. The highest BCUT2D eigenvalue weighted by Gasteiger charge is 2.40. The van der Waals surface area contributed by atoms with Crippen molar-refractivity contribution in [2.45, 2.75) is 126 Å². The molecule has 0 aliphatic carbocycles. The van der Waals surface area contributed by atoms with Crippen LogP contribution in [0.15, 0.2) is 103 Å². The molecule has 3 aromatic carbocycles. The van der Waals surface area contributed by atoms with Crippen LogP contribution in [0.5, 0.6) is 5.75 Å². The standard InChI is InChI=1S/C59H77N17O11.C2HF3O2/c1-32(2)21-44(52(81)70-43(13-7-19-65-59(62)63)58(87)76-20-8-14-49(76)57(86)68-29-50(61)79)72-54(83)47(24-35-27-67-42-12-6-4-10-39(35)42)74-53(82)45(22-33-15-17-37(78)18-16-33)73-56(85)48(30-77)75-55(84)46(23-34-26-66-41-11-5-3-9-38(34)41)71-51(80)40(60)25-36-28-64-31-69-36;3-2(4,5)1(6)7/h3-6,9-12,15-18,26-28,31-32,40,43-49,66-67,77-78H,7-8,13-14,19-25,29-30,60H2,1-2H3,(H2,61,79)(H,64,69)(H,68,86)(H,70,81)(H,71,80)(H,72,83)(H,73,85)(H,74,82)(H,75,84)(H4,62,63,65);(H,6,7)/t40-,43-,44-,45-,46-,47+,48-,49-;/m0./s1. The normalized spacial score (nSPS) is 15.1. The number of phenolic OH excluding ortho intramolecular Hbond substituents is 1. The molecule has 6 aromatic rings. The van der Waals surface area contributed by atoms with Crippen molar-refractivity contribution in [3.05, 3.63) is 120 Å². The third-order valence-corrected chi connectivity index (χ3v) is 15.0. The second-order valence-electron chi connectivity index (χ2n) is 22.7. The van der Waals surface area contributed by atoms with Crippen LogP contribution in [0.25, 0.3) is 21.8 Å². The van der Waals surface area contributed by atoms with Crippen LogP contribution in [0.2, 0.25) is 0 Å². The van der Waals surface area contributed by atoms with Crippen molar-refractivity contribution in [1.82, 2.24) is 62.1 Å². The molecule has 1 aliphatic rings. The highest BCUT2D eigenvalue weighted by atomic mass is 19.4. The number of H-pyrrole nitrogens is 3. The van der Waals surface area contributed by atoms with Crippen LogP contribution in [0, 0.1) is 5.92 Å². The second-order valence-corrected chi connectivity index (χ2v) is 22.7. The van der Waals surface area contributed by atoms with E-state index in [0.717, 1.165) is 10.9 Å². The Morgan fingerprint density at radius 3 is 1.69 bits per heavy atom. The van der Waals surface area contributed by atoms with Gasteiger partial charge in [0.1, 0.15) is 48.0 Å². The van der Waals surface area contributed by atoms with Gasteiger partial charge >= 0.3 is 12.1 Å². The average molecular weight is 1310 g/mol. The smallest absolute Gasteiger partial charge is 0.490 e. The molecule has 3 aromatic heterocycles. The molecule has 1 aliphatic heterocycles. The number of aliphatic hydroxyl groups is 1. The number of rotatable bonds is 31. The first kappa shape index (κ1) is 72.5. The summed E-state index contributed by atoms with van der Waals surface area (Å²) in [4.78, 5) is 153. The molecule has 8 atom stereocenters. The number of amides is 9. The Hall–Kier alpha value is -10.6. The lowest BCUT2D eigenvalue weighted by Gasteiger charge is -2.30. The topological polar surface area (TPSA) is 496 Å². The van der Waals surface area contributed by atoms with E-state index in [1.165, 1.54) is 41.7 Å². The number of aliphatic imine (C=N–C) groups is 1. The van der Waals surface area contributed by atoms with Gasteiger partial charge < -0.3 is 95.3 Å². The Balaban J connectivity index is 0.00000189. The monoisotopic (exact) mass is 1310 g/mol. The number of aromatic hydroxyl groups is 1. The van der Waals surface area contributed by atoms with Crippen LogP contribution < -0.4 is 60.2 Å². The molecule has 0 unspecified atom stereocenters. The number of hydrogen-bond acceptors (Lipinski definition) is 15. The van der Waals surface area contributed by atoms with E-state index in [4.69, 9.17) is 32.8 Å². The van der Waals surface area contributed by atoms with E-state index in [1.54, 1.807) is 18.5 Å². The van der Waals surface area contributed by atoms with Crippen LogP contribution in [0.3, 0.4) is 0 Å². The number of imidazole rings is 1. The zero-order valence-corrected chi connectivity index (χ0v) is 51.3. The van der Waals surface area contributed by atoms with Gasteiger partial charge in [0.05, 0.1) is 25.5 Å². The number of nitrogens with one attached hydrogen (secondary N) is 10. The van der Waals surface area contributed by atoms with Crippen molar-refractivity contribution >= 4 is 86.9 Å². The highest BCUT2D eigenvalue weighted by Crippen LogP contribution is 2.24. The fraction of sp³-hybridized carbons (Fsp3) is 0.410. The molecular weight excluding hydrogens is 1240 g/mol. The number of halogens is 3. The van der Waals surface area contributed by atoms with E-state index in [0.29, 0.717) is 39.7 Å². The van der Waals surface area contributed by atoms with E-state index in [1.807, 2.05) is 56.3 Å². The molecule has 0 radical (unpaired) electrons.